The van der Waals surface area contributed by atoms with Crippen LogP contribution in [-0.2, 0) is 0 Å². The lowest BCUT2D eigenvalue weighted by Gasteiger charge is -2.11. The highest BCUT2D eigenvalue weighted by atomic mass is 19.1. The number of anilines is 1. The first-order valence-electron chi connectivity index (χ1n) is 5.88. The molecule has 5 nitrogen and oxygen atoms in total. The molecule has 0 fully saturated rings. The molecule has 0 aliphatic carbocycles. The van der Waals surface area contributed by atoms with Crippen LogP contribution in [0.25, 0.3) is 0 Å². The van der Waals surface area contributed by atoms with Crippen LogP contribution in [0.3, 0.4) is 0 Å². The number of hydrogen-bond acceptors (Lipinski definition) is 4. The number of hydrogen-bond donors (Lipinski definition) is 1. The average molecular weight is 275 g/mol. The molecule has 104 valence electrons. The van der Waals surface area contributed by atoms with Gasteiger partial charge in [0, 0.05) is 32.4 Å². The Kier molecular flexibility index (Phi) is 3.84. The lowest BCUT2D eigenvalue weighted by molar-refractivity contribution is 0.0827. The number of nitrogens with zero attached hydrogens (tertiary/aromatic N) is 2. The molecule has 1 amide bonds. The fourth-order valence-corrected chi connectivity index (χ4v) is 1.55. The van der Waals surface area contributed by atoms with Gasteiger partial charge in [0.05, 0.1) is 11.3 Å². The Morgan fingerprint density at radius 3 is 2.60 bits per heavy atom. The van der Waals surface area contributed by atoms with Crippen LogP contribution in [0.4, 0.5) is 10.1 Å². The lowest BCUT2D eigenvalue weighted by Crippen LogP contribution is -2.21. The largest absolute Gasteiger partial charge is 0.437 e. The van der Waals surface area contributed by atoms with Crippen molar-refractivity contribution in [3.05, 3.63) is 47.9 Å². The van der Waals surface area contributed by atoms with Gasteiger partial charge in [-0.3, -0.25) is 4.79 Å². The molecule has 0 spiro atoms. The first-order chi connectivity index (χ1) is 9.47. The molecule has 1 aromatic carbocycles. The number of amides is 1. The van der Waals surface area contributed by atoms with Crippen LogP contribution in [-0.4, -0.2) is 29.9 Å². The van der Waals surface area contributed by atoms with Crippen molar-refractivity contribution < 1.29 is 13.9 Å². The van der Waals surface area contributed by atoms with E-state index in [0.29, 0.717) is 11.3 Å². The van der Waals surface area contributed by atoms with E-state index in [0.717, 1.165) is 0 Å². The van der Waals surface area contributed by atoms with Gasteiger partial charge in [-0.15, -0.1) is 0 Å². The standard InChI is InChI=1S/C14H14FN3O2/c1-18(2)14(19)9-3-6-13(17-8-9)20-12-5-4-10(15)7-11(12)16/h3-8H,16H2,1-2H3. The molecule has 0 unspecified atom stereocenters. The molecule has 2 aromatic rings. The van der Waals surface area contributed by atoms with Gasteiger partial charge in [0.1, 0.15) is 5.82 Å². The summed E-state index contributed by atoms with van der Waals surface area (Å²) in [5.41, 5.74) is 6.27. The highest BCUT2D eigenvalue weighted by Crippen LogP contribution is 2.26. The zero-order valence-corrected chi connectivity index (χ0v) is 11.1. The first kappa shape index (κ1) is 13.8. The van der Waals surface area contributed by atoms with Crippen molar-refractivity contribution in [2.45, 2.75) is 0 Å². The number of benzene rings is 1. The van der Waals surface area contributed by atoms with Crippen molar-refractivity contribution in [3.63, 3.8) is 0 Å². The molecule has 6 heteroatoms. The number of nitrogens with two attached hydrogens (primary N) is 1. The second kappa shape index (κ2) is 5.56. The molecular weight excluding hydrogens is 261 g/mol. The van der Waals surface area contributed by atoms with Crippen LogP contribution >= 0.6 is 0 Å². The van der Waals surface area contributed by atoms with E-state index in [9.17, 15) is 9.18 Å². The van der Waals surface area contributed by atoms with Gasteiger partial charge in [-0.2, -0.15) is 0 Å². The summed E-state index contributed by atoms with van der Waals surface area (Å²) in [7, 11) is 3.32. The molecule has 0 aliphatic heterocycles. The zero-order valence-electron chi connectivity index (χ0n) is 11.1. The number of carbonyl (C=O) groups excluding carboxylic acids is 1. The summed E-state index contributed by atoms with van der Waals surface area (Å²) in [6.07, 6.45) is 1.41. The Balaban J connectivity index is 2.17. The highest BCUT2D eigenvalue weighted by molar-refractivity contribution is 5.93. The van der Waals surface area contributed by atoms with Gasteiger partial charge >= 0.3 is 0 Å². The van der Waals surface area contributed by atoms with E-state index < -0.39 is 5.82 Å². The molecule has 0 aliphatic rings. The molecule has 1 heterocycles. The highest BCUT2D eigenvalue weighted by Gasteiger charge is 2.09. The third-order valence-electron chi connectivity index (χ3n) is 2.58. The maximum Gasteiger partial charge on any atom is 0.254 e. The smallest absolute Gasteiger partial charge is 0.254 e. The van der Waals surface area contributed by atoms with Gasteiger partial charge in [0.15, 0.2) is 5.75 Å². The second-order valence-corrected chi connectivity index (χ2v) is 4.37. The minimum atomic E-state index is -0.435. The van der Waals surface area contributed by atoms with Crippen LogP contribution < -0.4 is 10.5 Å². The summed E-state index contributed by atoms with van der Waals surface area (Å²) in [5, 5.41) is 0. The Bertz CT molecular complexity index is 627. The van der Waals surface area contributed by atoms with Crippen LogP contribution in [0.2, 0.25) is 0 Å². The Hall–Kier alpha value is -2.63. The van der Waals surface area contributed by atoms with E-state index in [2.05, 4.69) is 4.98 Å². The molecule has 20 heavy (non-hydrogen) atoms. The predicted octanol–water partition coefficient (Wildman–Crippen LogP) is 2.30. The molecule has 2 N–H and O–H groups in total. The third kappa shape index (κ3) is 3.03. The molecule has 1 aromatic heterocycles. The Morgan fingerprint density at radius 2 is 2.05 bits per heavy atom. The normalized spacial score (nSPS) is 10.2. The maximum atomic E-state index is 12.9. The summed E-state index contributed by atoms with van der Waals surface area (Å²) in [5.74, 6) is 0.00397. The van der Waals surface area contributed by atoms with Gasteiger partial charge < -0.3 is 15.4 Å². The number of carbonyl (C=O) groups is 1. The molecule has 0 radical (unpaired) electrons. The lowest BCUT2D eigenvalue weighted by atomic mass is 10.2. The average Bonchev–Trinajstić information content (AvgIpc) is 2.42. The Labute approximate surface area is 115 Å². The van der Waals surface area contributed by atoms with E-state index in [1.54, 1.807) is 26.2 Å². The fraction of sp³-hybridized carbons (Fsp3) is 0.143. The zero-order chi connectivity index (χ0) is 14.7. The van der Waals surface area contributed by atoms with Gasteiger partial charge in [-0.25, -0.2) is 9.37 Å². The summed E-state index contributed by atoms with van der Waals surface area (Å²) >= 11 is 0. The minimum absolute atomic E-state index is 0.148. The number of rotatable bonds is 3. The summed E-state index contributed by atoms with van der Waals surface area (Å²) in [6, 6.07) is 6.99. The van der Waals surface area contributed by atoms with Crippen molar-refractivity contribution in [2.75, 3.05) is 19.8 Å². The number of nitrogen functional groups attached to an aromatic ring is 1. The first-order valence-corrected chi connectivity index (χ1v) is 5.88. The topological polar surface area (TPSA) is 68.5 Å². The number of pyridine rings is 1. The van der Waals surface area contributed by atoms with Crippen LogP contribution in [0, 0.1) is 5.82 Å². The molecular formula is C14H14FN3O2. The van der Waals surface area contributed by atoms with Crippen LogP contribution in [0.5, 0.6) is 11.6 Å². The molecule has 0 saturated carbocycles. The van der Waals surface area contributed by atoms with Crippen molar-refractivity contribution >= 4 is 11.6 Å². The fourth-order valence-electron chi connectivity index (χ4n) is 1.55. The summed E-state index contributed by atoms with van der Waals surface area (Å²) in [6.45, 7) is 0. The van der Waals surface area contributed by atoms with Gasteiger partial charge in [-0.05, 0) is 18.2 Å². The van der Waals surface area contributed by atoms with Gasteiger partial charge in [-0.1, -0.05) is 0 Å². The van der Waals surface area contributed by atoms with E-state index in [1.807, 2.05) is 0 Å². The SMILES string of the molecule is CN(C)C(=O)c1ccc(Oc2ccc(F)cc2N)nc1. The molecule has 2 rings (SSSR count). The molecule has 0 atom stereocenters. The van der Waals surface area contributed by atoms with Crippen molar-refractivity contribution in [3.8, 4) is 11.6 Å². The number of ether oxygens (including phenoxy) is 1. The summed E-state index contributed by atoms with van der Waals surface area (Å²) < 4.78 is 18.3. The number of halogens is 1. The predicted molar refractivity (Wildman–Crippen MR) is 73.1 cm³/mol. The quantitative estimate of drug-likeness (QED) is 0.873. The maximum absolute atomic E-state index is 12.9. The molecule has 0 bridgehead atoms. The van der Waals surface area contributed by atoms with Gasteiger partial charge in [0.25, 0.3) is 5.91 Å². The van der Waals surface area contributed by atoms with Crippen molar-refractivity contribution in [1.82, 2.24) is 9.88 Å². The van der Waals surface area contributed by atoms with E-state index in [-0.39, 0.29) is 17.5 Å². The van der Waals surface area contributed by atoms with Crippen molar-refractivity contribution in [2.24, 2.45) is 0 Å². The number of aromatic nitrogens is 1. The minimum Gasteiger partial charge on any atom is -0.437 e. The van der Waals surface area contributed by atoms with E-state index in [4.69, 9.17) is 10.5 Å². The summed E-state index contributed by atoms with van der Waals surface area (Å²) in [4.78, 5) is 17.2. The van der Waals surface area contributed by atoms with Crippen LogP contribution in [0.15, 0.2) is 36.5 Å². The monoisotopic (exact) mass is 275 g/mol. The third-order valence-corrected chi connectivity index (χ3v) is 2.58. The van der Waals surface area contributed by atoms with Gasteiger partial charge in [0.2, 0.25) is 5.88 Å². The van der Waals surface area contributed by atoms with Crippen LogP contribution in [0.1, 0.15) is 10.4 Å². The Morgan fingerprint density at radius 1 is 1.30 bits per heavy atom. The second-order valence-electron chi connectivity index (χ2n) is 4.37. The van der Waals surface area contributed by atoms with Crippen molar-refractivity contribution in [1.29, 1.82) is 0 Å². The molecule has 0 saturated heterocycles. The van der Waals surface area contributed by atoms with E-state index >= 15 is 0 Å². The van der Waals surface area contributed by atoms with E-state index in [1.165, 1.54) is 29.3 Å².